The molecule has 198 valence electrons. The Hall–Kier alpha value is -5.77. The molecule has 0 bridgehead atoms. The predicted octanol–water partition coefficient (Wildman–Crippen LogP) is 4.96. The van der Waals surface area contributed by atoms with E-state index in [0.717, 1.165) is 29.8 Å². The number of benzene rings is 4. The summed E-state index contributed by atoms with van der Waals surface area (Å²) in [5.41, 5.74) is 0.736. The van der Waals surface area contributed by atoms with Crippen LogP contribution >= 0.6 is 0 Å². The summed E-state index contributed by atoms with van der Waals surface area (Å²) in [7, 11) is 0. The Morgan fingerprint density at radius 3 is 1.79 bits per heavy atom. The van der Waals surface area contributed by atoms with E-state index in [0.29, 0.717) is 5.56 Å². The number of fused-ring (bicyclic) bond motifs is 1. The highest BCUT2D eigenvalue weighted by Crippen LogP contribution is 2.37. The second-order valence-electron chi connectivity index (χ2n) is 8.36. The number of rotatable bonds is 3. The third kappa shape index (κ3) is 5.97. The first-order valence-electron chi connectivity index (χ1n) is 11.3. The Labute approximate surface area is 220 Å². The molecule has 1 heterocycles. The van der Waals surface area contributed by atoms with Crippen LogP contribution in [-0.4, -0.2) is 40.9 Å². The highest BCUT2D eigenvalue weighted by Gasteiger charge is 2.19. The molecule has 0 saturated carbocycles. The SMILES string of the molecule is O=c1c(O)c(-c2ccc(O)c(O)c2)oc2cc(O)cc(O)c12.Oc1ccc(/C=C/c2cc(O)cc(O)c2)cc1. The zero-order valence-corrected chi connectivity index (χ0v) is 20.0. The maximum atomic E-state index is 12.1. The molecular weight excluding hydrogens is 508 g/mol. The average Bonchev–Trinajstić information content (AvgIpc) is 2.87. The molecule has 0 unspecified atom stereocenters. The fourth-order valence-electron chi connectivity index (χ4n) is 3.63. The van der Waals surface area contributed by atoms with Crippen LogP contribution < -0.4 is 5.43 Å². The van der Waals surface area contributed by atoms with Crippen molar-refractivity contribution in [3.63, 3.8) is 0 Å². The Kier molecular flexibility index (Phi) is 7.21. The largest absolute Gasteiger partial charge is 0.508 e. The van der Waals surface area contributed by atoms with Crippen molar-refractivity contribution in [2.45, 2.75) is 0 Å². The average molecular weight is 530 g/mol. The molecule has 0 aliphatic carbocycles. The van der Waals surface area contributed by atoms with E-state index in [1.807, 2.05) is 6.08 Å². The summed E-state index contributed by atoms with van der Waals surface area (Å²) < 4.78 is 5.35. The van der Waals surface area contributed by atoms with Crippen molar-refractivity contribution in [1.82, 2.24) is 0 Å². The third-order valence-corrected chi connectivity index (χ3v) is 5.46. The van der Waals surface area contributed by atoms with Crippen LogP contribution in [0.3, 0.4) is 0 Å². The molecule has 0 aliphatic rings. The number of phenols is 7. The molecule has 10 heteroatoms. The Morgan fingerprint density at radius 2 is 1.15 bits per heavy atom. The molecule has 0 fully saturated rings. The molecule has 0 atom stereocenters. The van der Waals surface area contributed by atoms with Gasteiger partial charge in [0.05, 0.1) is 0 Å². The molecular formula is C29H22O10. The lowest BCUT2D eigenvalue weighted by Crippen LogP contribution is -2.02. The fraction of sp³-hybridized carbons (Fsp3) is 0. The monoisotopic (exact) mass is 530 g/mol. The van der Waals surface area contributed by atoms with Crippen molar-refractivity contribution in [1.29, 1.82) is 0 Å². The molecule has 0 saturated heterocycles. The van der Waals surface area contributed by atoms with Crippen molar-refractivity contribution in [2.75, 3.05) is 0 Å². The van der Waals surface area contributed by atoms with Crippen molar-refractivity contribution in [3.8, 4) is 57.3 Å². The first kappa shape index (κ1) is 26.3. The van der Waals surface area contributed by atoms with Crippen LogP contribution in [0.5, 0.6) is 46.0 Å². The summed E-state index contributed by atoms with van der Waals surface area (Å²) in [5.74, 6) is -2.45. The van der Waals surface area contributed by atoms with Gasteiger partial charge in [0.2, 0.25) is 11.2 Å². The van der Waals surface area contributed by atoms with E-state index >= 15 is 0 Å². The normalized spacial score (nSPS) is 10.9. The van der Waals surface area contributed by atoms with Gasteiger partial charge in [-0.05, 0) is 53.6 Å². The molecule has 10 nitrogen and oxygen atoms in total. The van der Waals surface area contributed by atoms with Crippen molar-refractivity contribution in [2.24, 2.45) is 0 Å². The van der Waals surface area contributed by atoms with E-state index in [1.165, 1.54) is 12.1 Å². The highest BCUT2D eigenvalue weighted by molar-refractivity contribution is 5.88. The Morgan fingerprint density at radius 1 is 0.538 bits per heavy atom. The molecule has 5 rings (SSSR count). The van der Waals surface area contributed by atoms with Crippen LogP contribution in [0.2, 0.25) is 0 Å². The third-order valence-electron chi connectivity index (χ3n) is 5.46. The van der Waals surface area contributed by atoms with E-state index in [-0.39, 0.29) is 51.0 Å². The summed E-state index contributed by atoms with van der Waals surface area (Å²) in [6.07, 6.45) is 3.60. The molecule has 4 aromatic carbocycles. The molecule has 0 spiro atoms. The standard InChI is InChI=1S/C15H10O7.C14H12O3/c16-7-4-10(19)12-11(5-7)22-15(14(21)13(12)20)6-1-2-8(17)9(18)3-6;15-12-5-3-10(4-6-12)1-2-11-7-13(16)9-14(17)8-11/h1-5,16-19,21H;1-9,15-17H/b;2-1+. The van der Waals surface area contributed by atoms with Crippen LogP contribution in [-0.2, 0) is 0 Å². The van der Waals surface area contributed by atoms with Gasteiger partial charge in [0.25, 0.3) is 0 Å². The molecule has 8 N–H and O–H groups in total. The number of phenolic OH excluding ortho intramolecular Hbond substituents is 7. The molecule has 1 aromatic heterocycles. The summed E-state index contributed by atoms with van der Waals surface area (Å²) in [6, 6.07) is 16.8. The first-order valence-corrected chi connectivity index (χ1v) is 11.3. The van der Waals surface area contributed by atoms with Gasteiger partial charge in [0, 0.05) is 23.8 Å². The van der Waals surface area contributed by atoms with Crippen LogP contribution in [0.1, 0.15) is 11.1 Å². The van der Waals surface area contributed by atoms with E-state index < -0.39 is 22.7 Å². The van der Waals surface area contributed by atoms with Crippen LogP contribution in [0, 0.1) is 0 Å². The van der Waals surface area contributed by atoms with Crippen LogP contribution in [0.15, 0.2) is 82.0 Å². The lowest BCUT2D eigenvalue weighted by atomic mass is 10.1. The van der Waals surface area contributed by atoms with Gasteiger partial charge < -0.3 is 45.3 Å². The summed E-state index contributed by atoms with van der Waals surface area (Å²) in [5, 5.41) is 75.4. The quantitative estimate of drug-likeness (QED) is 0.117. The minimum absolute atomic E-state index is 0.0235. The van der Waals surface area contributed by atoms with E-state index in [4.69, 9.17) is 9.52 Å². The van der Waals surface area contributed by atoms with E-state index in [2.05, 4.69) is 0 Å². The molecule has 5 aromatic rings. The Balaban J connectivity index is 0.000000187. The maximum Gasteiger partial charge on any atom is 0.238 e. The lowest BCUT2D eigenvalue weighted by Gasteiger charge is -2.08. The molecule has 39 heavy (non-hydrogen) atoms. The van der Waals surface area contributed by atoms with Crippen LogP contribution in [0.25, 0.3) is 34.4 Å². The maximum absolute atomic E-state index is 12.1. The zero-order chi connectivity index (χ0) is 28.3. The fourth-order valence-corrected chi connectivity index (χ4v) is 3.63. The predicted molar refractivity (Wildman–Crippen MR) is 143 cm³/mol. The zero-order valence-electron chi connectivity index (χ0n) is 20.0. The molecule has 0 aliphatic heterocycles. The van der Waals surface area contributed by atoms with Crippen molar-refractivity contribution in [3.05, 3.63) is 94.1 Å². The Bertz CT molecular complexity index is 1730. The summed E-state index contributed by atoms with van der Waals surface area (Å²) >= 11 is 0. The van der Waals surface area contributed by atoms with Gasteiger partial charge in [-0.1, -0.05) is 24.3 Å². The van der Waals surface area contributed by atoms with Crippen molar-refractivity contribution >= 4 is 23.1 Å². The van der Waals surface area contributed by atoms with Gasteiger partial charge in [-0.15, -0.1) is 0 Å². The minimum Gasteiger partial charge on any atom is -0.508 e. The van der Waals surface area contributed by atoms with Gasteiger partial charge in [-0.3, -0.25) is 4.79 Å². The molecule has 0 amide bonds. The smallest absolute Gasteiger partial charge is 0.238 e. The van der Waals surface area contributed by atoms with Gasteiger partial charge in [-0.2, -0.15) is 0 Å². The number of aromatic hydroxyl groups is 8. The van der Waals surface area contributed by atoms with Gasteiger partial charge in [-0.25, -0.2) is 0 Å². The van der Waals surface area contributed by atoms with Gasteiger partial charge in [0.1, 0.15) is 39.7 Å². The molecule has 0 radical (unpaired) electrons. The van der Waals surface area contributed by atoms with Crippen LogP contribution in [0.4, 0.5) is 0 Å². The minimum atomic E-state index is -0.888. The number of hydrogen-bond acceptors (Lipinski definition) is 10. The number of hydrogen-bond donors (Lipinski definition) is 8. The topological polar surface area (TPSA) is 192 Å². The van der Waals surface area contributed by atoms with E-state index in [1.54, 1.807) is 42.5 Å². The second-order valence-corrected chi connectivity index (χ2v) is 8.36. The van der Waals surface area contributed by atoms with Gasteiger partial charge >= 0.3 is 0 Å². The lowest BCUT2D eigenvalue weighted by molar-refractivity contribution is 0.403. The second kappa shape index (κ2) is 10.7. The first-order chi connectivity index (χ1) is 18.5. The van der Waals surface area contributed by atoms with E-state index in [9.17, 15) is 40.5 Å². The van der Waals surface area contributed by atoms with Gasteiger partial charge in [0.15, 0.2) is 17.3 Å². The highest BCUT2D eigenvalue weighted by atomic mass is 16.4. The summed E-state index contributed by atoms with van der Waals surface area (Å²) in [6.45, 7) is 0. The van der Waals surface area contributed by atoms with Crippen molar-refractivity contribution < 1.29 is 45.3 Å². The summed E-state index contributed by atoms with van der Waals surface area (Å²) in [4.78, 5) is 12.1.